The number of nitriles is 1. The van der Waals surface area contributed by atoms with Gasteiger partial charge in [-0.25, -0.2) is 0 Å². The van der Waals surface area contributed by atoms with E-state index < -0.39 is 11.8 Å². The first-order chi connectivity index (χ1) is 10.8. The third kappa shape index (κ3) is 3.57. The van der Waals surface area contributed by atoms with Crippen LogP contribution in [0.15, 0.2) is 35.9 Å². The lowest BCUT2D eigenvalue weighted by Crippen LogP contribution is -2.34. The zero-order valence-electron chi connectivity index (χ0n) is 13.1. The zero-order valence-corrected chi connectivity index (χ0v) is 13.9. The van der Waals surface area contributed by atoms with Crippen molar-refractivity contribution in [1.82, 2.24) is 4.98 Å². The summed E-state index contributed by atoms with van der Waals surface area (Å²) in [7, 11) is 0. The van der Waals surface area contributed by atoms with Crippen molar-refractivity contribution in [2.75, 3.05) is 0 Å². The predicted octanol–water partition coefficient (Wildman–Crippen LogP) is 2.79. The van der Waals surface area contributed by atoms with E-state index in [-0.39, 0.29) is 27.5 Å². The van der Waals surface area contributed by atoms with Crippen LogP contribution < -0.4 is 5.73 Å². The molecule has 0 bridgehead atoms. The molecule has 1 aromatic rings. The third-order valence-electron chi connectivity index (χ3n) is 4.03. The molecule has 0 aromatic carbocycles. The van der Waals surface area contributed by atoms with Crippen LogP contribution in [0.2, 0.25) is 0 Å². The number of pyridine rings is 1. The van der Waals surface area contributed by atoms with Gasteiger partial charge >= 0.3 is 0 Å². The number of thiocarbonyl (C=S) groups is 1. The molecule has 120 valence electrons. The van der Waals surface area contributed by atoms with Crippen LogP contribution in [-0.4, -0.2) is 20.9 Å². The Bertz CT molecular complexity index is 704. The van der Waals surface area contributed by atoms with E-state index in [1.165, 1.54) is 0 Å². The first kappa shape index (κ1) is 17.1. The van der Waals surface area contributed by atoms with Crippen LogP contribution in [0.3, 0.4) is 0 Å². The molecule has 6 heteroatoms. The Balaban J connectivity index is 2.61. The molecule has 0 amide bonds. The van der Waals surface area contributed by atoms with Crippen molar-refractivity contribution >= 4 is 23.0 Å². The quantitative estimate of drug-likeness (QED) is 0.824. The number of carbonyl (C=O) groups excluding carboxylic acids is 1. The first-order valence-corrected chi connectivity index (χ1v) is 7.72. The number of aliphatic hydroxyl groups is 1. The lowest BCUT2D eigenvalue weighted by molar-refractivity contribution is -0.118. The first-order valence-electron chi connectivity index (χ1n) is 7.31. The second-order valence-electron chi connectivity index (χ2n) is 6.57. The summed E-state index contributed by atoms with van der Waals surface area (Å²) in [6.45, 7) is 3.85. The molecule has 0 radical (unpaired) electrons. The molecule has 1 heterocycles. The average molecular weight is 329 g/mol. The molecule has 23 heavy (non-hydrogen) atoms. The molecule has 1 aromatic heterocycles. The molecule has 3 N–H and O–H groups in total. The van der Waals surface area contributed by atoms with E-state index in [0.29, 0.717) is 18.4 Å². The van der Waals surface area contributed by atoms with Gasteiger partial charge in [0.15, 0.2) is 5.78 Å². The fourth-order valence-electron chi connectivity index (χ4n) is 3.04. The van der Waals surface area contributed by atoms with Crippen LogP contribution in [0, 0.1) is 22.7 Å². The summed E-state index contributed by atoms with van der Waals surface area (Å²) in [5.74, 6) is -1.74. The maximum Gasteiger partial charge on any atom is 0.163 e. The zero-order chi connectivity index (χ0) is 17.2. The SMILES string of the molecule is CC1(C)CC(=O)C([C@H](c2cccnc2)[C@@H](C#N)C(N)=S)=C(O)C1. The van der Waals surface area contributed by atoms with Crippen LogP contribution >= 0.6 is 12.2 Å². The van der Waals surface area contributed by atoms with Crippen molar-refractivity contribution in [2.24, 2.45) is 17.1 Å². The molecule has 2 atom stereocenters. The van der Waals surface area contributed by atoms with Gasteiger partial charge in [-0.15, -0.1) is 0 Å². The summed E-state index contributed by atoms with van der Waals surface area (Å²) in [5, 5.41) is 20.0. The van der Waals surface area contributed by atoms with Crippen LogP contribution in [-0.2, 0) is 4.79 Å². The summed E-state index contributed by atoms with van der Waals surface area (Å²) in [5.41, 5.74) is 6.27. The van der Waals surface area contributed by atoms with Gasteiger partial charge in [0.1, 0.15) is 11.7 Å². The van der Waals surface area contributed by atoms with Gasteiger partial charge in [-0.3, -0.25) is 9.78 Å². The summed E-state index contributed by atoms with van der Waals surface area (Å²) in [6.07, 6.45) is 3.85. The maximum atomic E-state index is 12.6. The minimum Gasteiger partial charge on any atom is -0.512 e. The number of hydrogen-bond donors (Lipinski definition) is 2. The van der Waals surface area contributed by atoms with E-state index in [0.717, 1.165) is 0 Å². The highest BCUT2D eigenvalue weighted by Gasteiger charge is 2.40. The number of aliphatic hydroxyl groups excluding tert-OH is 1. The standard InChI is InChI=1S/C17H19N3O2S/c1-17(2)6-12(21)15(13(22)7-17)14(11(8-18)16(19)23)10-4-3-5-20-9-10/h3-5,9,11,14,21H,6-7H2,1-2H3,(H2,19,23)/t11-,14-/m1/s1. The number of rotatable bonds is 4. The number of ketones is 1. The Morgan fingerprint density at radius 3 is 2.70 bits per heavy atom. The summed E-state index contributed by atoms with van der Waals surface area (Å²) in [4.78, 5) is 16.7. The van der Waals surface area contributed by atoms with E-state index in [4.69, 9.17) is 18.0 Å². The average Bonchev–Trinajstić information content (AvgIpc) is 2.45. The molecule has 5 nitrogen and oxygen atoms in total. The molecule has 0 spiro atoms. The molecule has 0 unspecified atom stereocenters. The van der Waals surface area contributed by atoms with E-state index in [1.807, 2.05) is 13.8 Å². The van der Waals surface area contributed by atoms with Gasteiger partial charge in [-0.1, -0.05) is 32.1 Å². The molecular formula is C17H19N3O2S. The van der Waals surface area contributed by atoms with Crippen molar-refractivity contribution in [3.8, 4) is 6.07 Å². The van der Waals surface area contributed by atoms with Crippen molar-refractivity contribution in [3.05, 3.63) is 41.4 Å². The molecule has 0 aliphatic heterocycles. The number of nitrogens with zero attached hydrogens (tertiary/aromatic N) is 2. The summed E-state index contributed by atoms with van der Waals surface area (Å²) < 4.78 is 0. The Hall–Kier alpha value is -2.26. The minimum atomic E-state index is -0.878. The Labute approximate surface area is 140 Å². The predicted molar refractivity (Wildman–Crippen MR) is 90.5 cm³/mol. The number of aromatic nitrogens is 1. The van der Waals surface area contributed by atoms with Crippen molar-refractivity contribution in [2.45, 2.75) is 32.6 Å². The van der Waals surface area contributed by atoms with Gasteiger partial charge in [0.2, 0.25) is 0 Å². The van der Waals surface area contributed by atoms with E-state index in [1.54, 1.807) is 24.5 Å². The fraction of sp³-hybridized carbons (Fsp3) is 0.412. The van der Waals surface area contributed by atoms with E-state index >= 15 is 0 Å². The largest absolute Gasteiger partial charge is 0.512 e. The lowest BCUT2D eigenvalue weighted by atomic mass is 9.70. The Kier molecular flexibility index (Phi) is 4.81. The molecule has 2 rings (SSSR count). The van der Waals surface area contributed by atoms with Crippen LogP contribution in [0.5, 0.6) is 0 Å². The number of carbonyl (C=O) groups is 1. The third-order valence-corrected chi connectivity index (χ3v) is 4.28. The van der Waals surface area contributed by atoms with Gasteiger partial charge in [-0.05, 0) is 17.0 Å². The minimum absolute atomic E-state index is 0.000660. The van der Waals surface area contributed by atoms with Crippen LogP contribution in [0.25, 0.3) is 0 Å². The van der Waals surface area contributed by atoms with Gasteiger partial charge in [0, 0.05) is 36.7 Å². The Morgan fingerprint density at radius 2 is 2.22 bits per heavy atom. The molecule has 1 aliphatic rings. The van der Waals surface area contributed by atoms with Crippen molar-refractivity contribution in [1.29, 1.82) is 5.26 Å². The van der Waals surface area contributed by atoms with Gasteiger partial charge in [0.05, 0.1) is 11.1 Å². The molecule has 0 fully saturated rings. The second kappa shape index (κ2) is 6.47. The molecule has 1 aliphatic carbocycles. The monoisotopic (exact) mass is 329 g/mol. The maximum absolute atomic E-state index is 12.6. The molecular weight excluding hydrogens is 310 g/mol. The highest BCUT2D eigenvalue weighted by Crippen LogP contribution is 2.43. The van der Waals surface area contributed by atoms with Crippen molar-refractivity contribution < 1.29 is 9.90 Å². The lowest BCUT2D eigenvalue weighted by Gasteiger charge is -2.33. The van der Waals surface area contributed by atoms with Gasteiger partial charge in [0.25, 0.3) is 0 Å². The van der Waals surface area contributed by atoms with Gasteiger partial charge < -0.3 is 10.8 Å². The smallest absolute Gasteiger partial charge is 0.163 e. The van der Waals surface area contributed by atoms with Crippen LogP contribution in [0.1, 0.15) is 38.2 Å². The van der Waals surface area contributed by atoms with E-state index in [9.17, 15) is 15.2 Å². The Morgan fingerprint density at radius 1 is 1.52 bits per heavy atom. The van der Waals surface area contributed by atoms with Crippen LogP contribution in [0.4, 0.5) is 0 Å². The topological polar surface area (TPSA) is 100 Å². The highest BCUT2D eigenvalue weighted by atomic mass is 32.1. The molecule has 0 saturated carbocycles. The normalized spacial score (nSPS) is 19.8. The number of Topliss-reactive ketones (excluding diaryl/α,β-unsaturated/α-hetero) is 1. The fourth-order valence-corrected chi connectivity index (χ4v) is 3.23. The molecule has 0 saturated heterocycles. The highest BCUT2D eigenvalue weighted by molar-refractivity contribution is 7.80. The number of allylic oxidation sites excluding steroid dienone is 2. The number of hydrogen-bond acceptors (Lipinski definition) is 5. The number of nitrogens with two attached hydrogens (primary N) is 1. The van der Waals surface area contributed by atoms with Crippen molar-refractivity contribution in [3.63, 3.8) is 0 Å². The summed E-state index contributed by atoms with van der Waals surface area (Å²) in [6, 6.07) is 5.54. The van der Waals surface area contributed by atoms with Gasteiger partial charge in [-0.2, -0.15) is 5.26 Å². The summed E-state index contributed by atoms with van der Waals surface area (Å²) >= 11 is 5.00. The van der Waals surface area contributed by atoms with E-state index in [2.05, 4.69) is 11.1 Å². The second-order valence-corrected chi connectivity index (χ2v) is 7.05.